The third-order valence-corrected chi connectivity index (χ3v) is 5.70. The molecular weight excluding hydrogens is 524 g/mol. The summed E-state index contributed by atoms with van der Waals surface area (Å²) in [5, 5.41) is 25.8. The van der Waals surface area contributed by atoms with Crippen LogP contribution in [0.4, 0.5) is 0 Å². The second kappa shape index (κ2) is 14.8. The van der Waals surface area contributed by atoms with E-state index in [-0.39, 0.29) is 18.6 Å². The molecule has 0 saturated carbocycles. The lowest BCUT2D eigenvalue weighted by molar-refractivity contribution is -0.142. The highest BCUT2D eigenvalue weighted by Crippen LogP contribution is 2.12. The number of rotatable bonds is 15. The summed E-state index contributed by atoms with van der Waals surface area (Å²) in [4.78, 5) is 73.5. The van der Waals surface area contributed by atoms with Crippen molar-refractivity contribution in [3.8, 4) is 5.75 Å². The van der Waals surface area contributed by atoms with Gasteiger partial charge in [-0.05, 0) is 29.7 Å². The molecule has 0 fully saturated rings. The molecule has 4 unspecified atom stereocenters. The van der Waals surface area contributed by atoms with Crippen LogP contribution in [0.15, 0.2) is 54.6 Å². The standard InChI is InChI=1S/C26H32N6O8/c27-17(10-14-4-2-1-3-5-14)23(36)30-18(12-21(28)34)24(37)31-19(13-22(29)35)25(38)32-20(26(39)40)11-15-6-8-16(33)9-7-15/h1-9,17-20,33H,10-13,27H2,(H2,28,34)(H2,29,35)(H,30,36)(H,31,37)(H,32,38)(H,39,40). The normalized spacial score (nSPS) is 13.6. The Balaban J connectivity index is 2.14. The van der Waals surface area contributed by atoms with Gasteiger partial charge in [-0.3, -0.25) is 24.0 Å². The molecular formula is C26H32N6O8. The van der Waals surface area contributed by atoms with Gasteiger partial charge in [-0.25, -0.2) is 4.79 Å². The quantitative estimate of drug-likeness (QED) is 0.118. The molecule has 11 N–H and O–H groups in total. The third kappa shape index (κ3) is 10.4. The van der Waals surface area contributed by atoms with E-state index in [2.05, 4.69) is 16.0 Å². The highest BCUT2D eigenvalue weighted by Gasteiger charge is 2.32. The molecule has 0 spiro atoms. The number of carboxylic acid groups (broad SMARTS) is 1. The second-order valence-electron chi connectivity index (χ2n) is 9.03. The van der Waals surface area contributed by atoms with Crippen LogP contribution in [0.1, 0.15) is 24.0 Å². The van der Waals surface area contributed by atoms with E-state index in [1.165, 1.54) is 24.3 Å². The molecule has 40 heavy (non-hydrogen) atoms. The van der Waals surface area contributed by atoms with E-state index >= 15 is 0 Å². The zero-order valence-electron chi connectivity index (χ0n) is 21.4. The number of nitrogens with one attached hydrogen (secondary N) is 3. The molecule has 0 saturated heterocycles. The van der Waals surface area contributed by atoms with Gasteiger partial charge in [0, 0.05) is 6.42 Å². The van der Waals surface area contributed by atoms with Crippen molar-refractivity contribution in [3.63, 3.8) is 0 Å². The zero-order valence-corrected chi connectivity index (χ0v) is 21.4. The Labute approximate surface area is 229 Å². The van der Waals surface area contributed by atoms with E-state index in [9.17, 15) is 39.0 Å². The van der Waals surface area contributed by atoms with Gasteiger partial charge in [-0.15, -0.1) is 0 Å². The summed E-state index contributed by atoms with van der Waals surface area (Å²) in [6.07, 6.45) is -1.42. The summed E-state index contributed by atoms with van der Waals surface area (Å²) in [5.41, 5.74) is 17.6. The fourth-order valence-electron chi connectivity index (χ4n) is 3.67. The van der Waals surface area contributed by atoms with Gasteiger partial charge >= 0.3 is 5.97 Å². The predicted octanol–water partition coefficient (Wildman–Crippen LogP) is -2.21. The minimum atomic E-state index is -1.64. The molecule has 0 heterocycles. The Kier molecular flexibility index (Phi) is 11.6. The average Bonchev–Trinajstić information content (AvgIpc) is 2.88. The minimum absolute atomic E-state index is 0.0393. The van der Waals surface area contributed by atoms with E-state index in [4.69, 9.17) is 17.2 Å². The zero-order chi connectivity index (χ0) is 29.8. The highest BCUT2D eigenvalue weighted by atomic mass is 16.4. The van der Waals surface area contributed by atoms with Gasteiger partial charge in [0.05, 0.1) is 18.9 Å². The lowest BCUT2D eigenvalue weighted by Crippen LogP contribution is -2.58. The Hall–Kier alpha value is -4.98. The molecule has 2 rings (SSSR count). The molecule has 5 amide bonds. The van der Waals surface area contributed by atoms with Crippen molar-refractivity contribution >= 4 is 35.5 Å². The van der Waals surface area contributed by atoms with Crippen molar-refractivity contribution in [1.29, 1.82) is 0 Å². The van der Waals surface area contributed by atoms with Gasteiger partial charge in [-0.2, -0.15) is 0 Å². The van der Waals surface area contributed by atoms with Crippen molar-refractivity contribution in [2.24, 2.45) is 17.2 Å². The van der Waals surface area contributed by atoms with Crippen molar-refractivity contribution in [2.75, 3.05) is 0 Å². The third-order valence-electron chi connectivity index (χ3n) is 5.70. The lowest BCUT2D eigenvalue weighted by Gasteiger charge is -2.24. The van der Waals surface area contributed by atoms with Gasteiger partial charge < -0.3 is 43.4 Å². The molecule has 4 atom stereocenters. The summed E-state index contributed by atoms with van der Waals surface area (Å²) < 4.78 is 0. The van der Waals surface area contributed by atoms with Gasteiger partial charge in [0.1, 0.15) is 23.9 Å². The van der Waals surface area contributed by atoms with Crippen LogP contribution in [0.3, 0.4) is 0 Å². The fraction of sp³-hybridized carbons (Fsp3) is 0.308. The van der Waals surface area contributed by atoms with Gasteiger partial charge in [0.25, 0.3) is 0 Å². The van der Waals surface area contributed by atoms with Crippen molar-refractivity contribution < 1.29 is 39.0 Å². The number of aromatic hydroxyl groups is 1. The number of hydrogen-bond acceptors (Lipinski definition) is 8. The van der Waals surface area contributed by atoms with Crippen LogP contribution in [0.25, 0.3) is 0 Å². The average molecular weight is 557 g/mol. The molecule has 0 aliphatic carbocycles. The van der Waals surface area contributed by atoms with Gasteiger partial charge in [-0.1, -0.05) is 42.5 Å². The first-order valence-electron chi connectivity index (χ1n) is 12.1. The van der Waals surface area contributed by atoms with E-state index in [0.717, 1.165) is 5.56 Å². The van der Waals surface area contributed by atoms with E-state index in [1.807, 2.05) is 0 Å². The number of aliphatic carboxylic acids is 1. The number of carboxylic acids is 1. The van der Waals surface area contributed by atoms with Gasteiger partial charge in [0.15, 0.2) is 0 Å². The van der Waals surface area contributed by atoms with Crippen molar-refractivity contribution in [3.05, 3.63) is 65.7 Å². The molecule has 14 nitrogen and oxygen atoms in total. The van der Waals surface area contributed by atoms with Crippen molar-refractivity contribution in [2.45, 2.75) is 49.9 Å². The van der Waals surface area contributed by atoms with Gasteiger partial charge in [0.2, 0.25) is 29.5 Å². The summed E-state index contributed by atoms with van der Waals surface area (Å²) in [6.45, 7) is 0. The SMILES string of the molecule is NC(=O)CC(NC(=O)C(N)Cc1ccccc1)C(=O)NC(CC(N)=O)C(=O)NC(Cc1ccc(O)cc1)C(=O)O. The fourth-order valence-corrected chi connectivity index (χ4v) is 3.67. The van der Waals surface area contributed by atoms with Crippen molar-refractivity contribution in [1.82, 2.24) is 16.0 Å². The molecule has 2 aromatic rings. The smallest absolute Gasteiger partial charge is 0.326 e. The maximum Gasteiger partial charge on any atom is 0.326 e. The maximum atomic E-state index is 13.0. The summed E-state index contributed by atoms with van der Waals surface area (Å²) in [5.74, 6) is -6.27. The van der Waals surface area contributed by atoms with Crippen LogP contribution in [0.5, 0.6) is 5.75 Å². The van der Waals surface area contributed by atoms with Crippen LogP contribution in [0, 0.1) is 0 Å². The Bertz CT molecular complexity index is 1220. The molecule has 0 aliphatic heterocycles. The van der Waals surface area contributed by atoms with Crippen LogP contribution in [0.2, 0.25) is 0 Å². The Morgan fingerprint density at radius 3 is 1.57 bits per heavy atom. The van der Waals surface area contributed by atoms with E-state index in [1.54, 1.807) is 30.3 Å². The predicted molar refractivity (Wildman–Crippen MR) is 141 cm³/mol. The molecule has 0 radical (unpaired) electrons. The van der Waals surface area contributed by atoms with Crippen LogP contribution < -0.4 is 33.2 Å². The molecule has 0 aromatic heterocycles. The molecule has 0 bridgehead atoms. The summed E-state index contributed by atoms with van der Waals surface area (Å²) >= 11 is 0. The Morgan fingerprint density at radius 2 is 1.10 bits per heavy atom. The lowest BCUT2D eigenvalue weighted by atomic mass is 10.0. The summed E-state index contributed by atoms with van der Waals surface area (Å²) in [6, 6.07) is 8.63. The number of phenols is 1. The number of carbonyl (C=O) groups is 6. The van der Waals surface area contributed by atoms with Crippen LogP contribution in [-0.4, -0.2) is 69.9 Å². The second-order valence-corrected chi connectivity index (χ2v) is 9.03. The van der Waals surface area contributed by atoms with Crippen LogP contribution in [-0.2, 0) is 41.6 Å². The first-order valence-corrected chi connectivity index (χ1v) is 12.1. The maximum absolute atomic E-state index is 13.0. The number of benzene rings is 2. The summed E-state index contributed by atoms with van der Waals surface area (Å²) in [7, 11) is 0. The number of carbonyl (C=O) groups excluding carboxylic acids is 5. The topological polar surface area (TPSA) is 257 Å². The number of primary amides is 2. The molecule has 214 valence electrons. The van der Waals surface area contributed by atoms with E-state index in [0.29, 0.717) is 5.56 Å². The minimum Gasteiger partial charge on any atom is -0.508 e. The number of hydrogen-bond donors (Lipinski definition) is 8. The van der Waals surface area contributed by atoms with E-state index < -0.39 is 72.5 Å². The van der Waals surface area contributed by atoms with Crippen LogP contribution >= 0.6 is 0 Å². The molecule has 14 heteroatoms. The highest BCUT2D eigenvalue weighted by molar-refractivity contribution is 5.97. The monoisotopic (exact) mass is 556 g/mol. The first-order chi connectivity index (χ1) is 18.8. The Morgan fingerprint density at radius 1 is 0.650 bits per heavy atom. The largest absolute Gasteiger partial charge is 0.508 e. The number of nitrogens with two attached hydrogens (primary N) is 3. The molecule has 2 aromatic carbocycles. The first kappa shape index (κ1) is 31.2. The number of phenolic OH excluding ortho intramolecular Hbond substituents is 1. The number of amides is 5. The molecule has 0 aliphatic rings.